The van der Waals surface area contributed by atoms with Gasteiger partial charge in [0.25, 0.3) is 0 Å². The Balaban J connectivity index is 0. The van der Waals surface area contributed by atoms with E-state index in [9.17, 15) is 4.79 Å². The van der Waals surface area contributed by atoms with E-state index in [1.165, 1.54) is 0 Å². The van der Waals surface area contributed by atoms with E-state index < -0.39 is 0 Å². The number of rotatable bonds is 4. The number of esters is 1. The highest BCUT2D eigenvalue weighted by Crippen LogP contribution is 2.10. The number of quaternary nitrogens is 1. The van der Waals surface area contributed by atoms with E-state index in [1.807, 2.05) is 28.1 Å². The molecule has 0 aliphatic rings. The van der Waals surface area contributed by atoms with E-state index in [0.717, 1.165) is 6.42 Å². The second kappa shape index (κ2) is 6.40. The van der Waals surface area contributed by atoms with Crippen molar-refractivity contribution in [1.29, 1.82) is 0 Å². The van der Waals surface area contributed by atoms with Crippen LogP contribution in [0.1, 0.15) is 20.3 Å². The van der Waals surface area contributed by atoms with Gasteiger partial charge in [0.15, 0.2) is 0 Å². The number of hydrogen-bond donors (Lipinski definition) is 0. The summed E-state index contributed by atoms with van der Waals surface area (Å²) < 4.78 is 5.88. The minimum atomic E-state index is -0.306. The molecular formula is C10H20INO2. The van der Waals surface area contributed by atoms with Crippen LogP contribution in [0.2, 0.25) is 0 Å². The van der Waals surface area contributed by atoms with Crippen molar-refractivity contribution in [2.45, 2.75) is 26.5 Å². The summed E-state index contributed by atoms with van der Waals surface area (Å²) in [5, 5.41) is 0. The molecule has 0 aromatic rings. The van der Waals surface area contributed by atoms with E-state index in [-0.39, 0.29) is 36.2 Å². The molecule has 0 radical (unpaired) electrons. The van der Waals surface area contributed by atoms with Crippen LogP contribution in [0.4, 0.5) is 0 Å². The van der Waals surface area contributed by atoms with Crippen LogP contribution < -0.4 is 24.0 Å². The quantitative estimate of drug-likeness (QED) is 0.209. The molecule has 0 amide bonds. The van der Waals surface area contributed by atoms with Crippen LogP contribution in [0.25, 0.3) is 0 Å². The van der Waals surface area contributed by atoms with Crippen LogP contribution in [0.3, 0.4) is 0 Å². The fourth-order valence-electron chi connectivity index (χ4n) is 1.01. The summed E-state index contributed by atoms with van der Waals surface area (Å²) >= 11 is 0. The van der Waals surface area contributed by atoms with Crippen LogP contribution in [0, 0.1) is 0 Å². The van der Waals surface area contributed by atoms with Gasteiger partial charge in [-0.1, -0.05) is 13.5 Å². The minimum absolute atomic E-state index is 0. The Hall–Kier alpha value is -0.100. The number of nitrogens with zero attached hydrogens (tertiary/aromatic N) is 1. The Morgan fingerprint density at radius 3 is 2.07 bits per heavy atom. The first kappa shape index (κ1) is 16.3. The van der Waals surface area contributed by atoms with Gasteiger partial charge >= 0.3 is 5.97 Å². The van der Waals surface area contributed by atoms with Crippen molar-refractivity contribution < 1.29 is 38.0 Å². The van der Waals surface area contributed by atoms with Gasteiger partial charge in [0.05, 0.1) is 21.1 Å². The smallest absolute Gasteiger partial charge is 0.337 e. The first-order valence-corrected chi connectivity index (χ1v) is 4.46. The van der Waals surface area contributed by atoms with Gasteiger partial charge in [-0.15, -0.1) is 0 Å². The largest absolute Gasteiger partial charge is 1.00 e. The molecule has 0 rings (SSSR count). The van der Waals surface area contributed by atoms with Gasteiger partial charge in [0, 0.05) is 12.0 Å². The van der Waals surface area contributed by atoms with Crippen molar-refractivity contribution in [2.24, 2.45) is 0 Å². The van der Waals surface area contributed by atoms with E-state index in [4.69, 9.17) is 4.74 Å². The molecule has 0 aromatic carbocycles. The Kier molecular flexibility index (Phi) is 7.46. The summed E-state index contributed by atoms with van der Waals surface area (Å²) in [6.07, 6.45) is 0.715. The molecule has 0 aromatic heterocycles. The second-order valence-corrected chi connectivity index (χ2v) is 4.16. The maximum absolute atomic E-state index is 11.2. The summed E-state index contributed by atoms with van der Waals surface area (Å²) in [7, 11) is 6.00. The van der Waals surface area contributed by atoms with Gasteiger partial charge in [-0.3, -0.25) is 4.48 Å². The maximum atomic E-state index is 11.2. The average molecular weight is 313 g/mol. The molecule has 4 heteroatoms. The summed E-state index contributed by atoms with van der Waals surface area (Å²) in [6, 6.07) is 0. The van der Waals surface area contributed by atoms with Crippen LogP contribution >= 0.6 is 0 Å². The fraction of sp³-hybridized carbons (Fsp3) is 0.700. The van der Waals surface area contributed by atoms with Crippen LogP contribution in [0.5, 0.6) is 0 Å². The summed E-state index contributed by atoms with van der Waals surface area (Å²) in [5.74, 6) is -0.306. The summed E-state index contributed by atoms with van der Waals surface area (Å²) in [5.41, 5.74) is 0.451. The maximum Gasteiger partial charge on any atom is 0.337 e. The Morgan fingerprint density at radius 2 is 1.86 bits per heavy atom. The highest BCUT2D eigenvalue weighted by atomic mass is 127. The molecule has 0 fully saturated rings. The zero-order chi connectivity index (χ0) is 10.6. The van der Waals surface area contributed by atoms with E-state index in [1.54, 1.807) is 6.92 Å². The van der Waals surface area contributed by atoms with Gasteiger partial charge in [-0.2, -0.15) is 0 Å². The molecule has 0 spiro atoms. The monoisotopic (exact) mass is 313 g/mol. The lowest BCUT2D eigenvalue weighted by atomic mass is 10.3. The Bertz CT molecular complexity index is 209. The van der Waals surface area contributed by atoms with Gasteiger partial charge in [0.1, 0.15) is 0 Å². The molecule has 0 heterocycles. The molecular weight excluding hydrogens is 293 g/mol. The lowest BCUT2D eigenvalue weighted by Crippen LogP contribution is -3.00. The molecule has 1 unspecified atom stereocenters. The number of ether oxygens (including phenoxy) is 1. The van der Waals surface area contributed by atoms with E-state index >= 15 is 0 Å². The molecule has 84 valence electrons. The van der Waals surface area contributed by atoms with Crippen molar-refractivity contribution >= 4 is 5.97 Å². The van der Waals surface area contributed by atoms with Gasteiger partial charge in [-0.25, -0.2) is 4.79 Å². The molecule has 0 N–H and O–H groups in total. The zero-order valence-electron chi connectivity index (χ0n) is 9.63. The number of carbonyl (C=O) groups is 1. The topological polar surface area (TPSA) is 26.3 Å². The van der Waals surface area contributed by atoms with Crippen LogP contribution in [-0.2, 0) is 9.53 Å². The summed E-state index contributed by atoms with van der Waals surface area (Å²) in [6.45, 7) is 7.20. The van der Waals surface area contributed by atoms with Crippen LogP contribution in [0.15, 0.2) is 12.2 Å². The van der Waals surface area contributed by atoms with E-state index in [0.29, 0.717) is 10.1 Å². The number of hydrogen-bond acceptors (Lipinski definition) is 2. The standard InChI is InChI=1S/C10H20NO2.HI/c1-7-9(11(4,5)6)13-10(12)8(2)3;/h9H,2,7H2,1,3-6H3;1H/q+1;/p-1. The zero-order valence-corrected chi connectivity index (χ0v) is 11.8. The third kappa shape index (κ3) is 5.59. The van der Waals surface area contributed by atoms with Crippen molar-refractivity contribution in [2.75, 3.05) is 21.1 Å². The number of carbonyl (C=O) groups excluding carboxylic acids is 1. The predicted octanol–water partition coefficient (Wildman–Crippen LogP) is -1.45. The normalized spacial score (nSPS) is 12.6. The summed E-state index contributed by atoms with van der Waals surface area (Å²) in [4.78, 5) is 11.2. The molecule has 0 aliphatic heterocycles. The highest BCUT2D eigenvalue weighted by Gasteiger charge is 2.25. The number of halogens is 1. The molecule has 0 bridgehead atoms. The van der Waals surface area contributed by atoms with Crippen LogP contribution in [-0.4, -0.2) is 37.8 Å². The lowest BCUT2D eigenvalue weighted by molar-refractivity contribution is -0.916. The van der Waals surface area contributed by atoms with Gasteiger partial charge in [0.2, 0.25) is 6.23 Å². The molecule has 1 atom stereocenters. The average Bonchev–Trinajstić information content (AvgIpc) is 1.96. The van der Waals surface area contributed by atoms with Crippen molar-refractivity contribution in [3.63, 3.8) is 0 Å². The second-order valence-electron chi connectivity index (χ2n) is 4.16. The predicted molar refractivity (Wildman–Crippen MR) is 53.0 cm³/mol. The van der Waals surface area contributed by atoms with E-state index in [2.05, 4.69) is 6.58 Å². The highest BCUT2D eigenvalue weighted by molar-refractivity contribution is 5.86. The first-order chi connectivity index (χ1) is 5.79. The first-order valence-electron chi connectivity index (χ1n) is 4.46. The molecule has 3 nitrogen and oxygen atoms in total. The van der Waals surface area contributed by atoms with Crippen molar-refractivity contribution in [3.05, 3.63) is 12.2 Å². The molecule has 14 heavy (non-hydrogen) atoms. The molecule has 0 saturated heterocycles. The van der Waals surface area contributed by atoms with Gasteiger partial charge < -0.3 is 28.7 Å². The van der Waals surface area contributed by atoms with Crippen molar-refractivity contribution in [3.8, 4) is 0 Å². The Labute approximate surface area is 104 Å². The molecule has 0 aliphatic carbocycles. The lowest BCUT2D eigenvalue weighted by Gasteiger charge is -2.32. The SMILES string of the molecule is C=C(C)C(=O)OC(CC)[N+](C)(C)C.[I-]. The third-order valence-electron chi connectivity index (χ3n) is 1.80. The Morgan fingerprint density at radius 1 is 1.43 bits per heavy atom. The van der Waals surface area contributed by atoms with Crippen molar-refractivity contribution in [1.82, 2.24) is 0 Å². The molecule has 0 saturated carbocycles. The third-order valence-corrected chi connectivity index (χ3v) is 1.80. The minimum Gasteiger partial charge on any atom is -1.00 e. The fourth-order valence-corrected chi connectivity index (χ4v) is 1.01. The van der Waals surface area contributed by atoms with Gasteiger partial charge in [-0.05, 0) is 6.92 Å².